The van der Waals surface area contributed by atoms with Crippen LogP contribution in [0.3, 0.4) is 0 Å². The summed E-state index contributed by atoms with van der Waals surface area (Å²) in [6.07, 6.45) is 3.75. The zero-order chi connectivity index (χ0) is 21.1. The maximum absolute atomic E-state index is 12.9. The van der Waals surface area contributed by atoms with Gasteiger partial charge in [0.1, 0.15) is 12.2 Å². The van der Waals surface area contributed by atoms with Crippen LogP contribution in [-0.2, 0) is 22.6 Å². The second kappa shape index (κ2) is 8.95. The molecule has 0 bridgehead atoms. The van der Waals surface area contributed by atoms with Gasteiger partial charge in [0.25, 0.3) is 5.56 Å². The zero-order valence-electron chi connectivity index (χ0n) is 17.5. The van der Waals surface area contributed by atoms with Crippen molar-refractivity contribution in [2.45, 2.75) is 45.6 Å². The molecule has 8 nitrogen and oxygen atoms in total. The first kappa shape index (κ1) is 20.5. The quantitative estimate of drug-likeness (QED) is 0.773. The average molecular weight is 412 g/mol. The van der Waals surface area contributed by atoms with Crippen molar-refractivity contribution in [3.8, 4) is 0 Å². The molecule has 4 rings (SSSR count). The molecule has 0 saturated carbocycles. The van der Waals surface area contributed by atoms with Gasteiger partial charge in [0, 0.05) is 44.8 Å². The van der Waals surface area contributed by atoms with Crippen molar-refractivity contribution in [1.82, 2.24) is 19.4 Å². The first-order chi connectivity index (χ1) is 14.5. The van der Waals surface area contributed by atoms with Crippen LogP contribution in [0.1, 0.15) is 38.4 Å². The van der Waals surface area contributed by atoms with Crippen molar-refractivity contribution < 1.29 is 9.59 Å². The summed E-state index contributed by atoms with van der Waals surface area (Å²) in [4.78, 5) is 46.5. The highest BCUT2D eigenvalue weighted by Crippen LogP contribution is 2.18. The minimum absolute atomic E-state index is 0.0575. The van der Waals surface area contributed by atoms with Crippen LogP contribution < -0.4 is 10.9 Å². The summed E-state index contributed by atoms with van der Waals surface area (Å²) in [5, 5.41) is 3.27. The number of nitrogens with one attached hydrogen (secondary N) is 1. The fourth-order valence-corrected chi connectivity index (χ4v) is 4.26. The van der Waals surface area contributed by atoms with Gasteiger partial charge in [0.05, 0.1) is 10.9 Å². The van der Waals surface area contributed by atoms with E-state index in [9.17, 15) is 14.4 Å². The van der Waals surface area contributed by atoms with Crippen LogP contribution in [0.5, 0.6) is 0 Å². The number of nitrogens with zero attached hydrogens (tertiary/aromatic N) is 4. The summed E-state index contributed by atoms with van der Waals surface area (Å²) >= 11 is 0. The number of hydrogen-bond donors (Lipinski definition) is 1. The van der Waals surface area contributed by atoms with Gasteiger partial charge in [-0.3, -0.25) is 19.0 Å². The van der Waals surface area contributed by atoms with Crippen LogP contribution in [0, 0.1) is 0 Å². The lowest BCUT2D eigenvalue weighted by molar-refractivity contribution is -0.136. The van der Waals surface area contributed by atoms with Gasteiger partial charge >= 0.3 is 0 Å². The number of carbonyl (C=O) groups is 2. The molecule has 1 aromatic heterocycles. The number of hydrogen-bond acceptors (Lipinski definition) is 5. The first-order valence-electron chi connectivity index (χ1n) is 10.9. The van der Waals surface area contributed by atoms with Crippen molar-refractivity contribution in [3.63, 3.8) is 0 Å². The van der Waals surface area contributed by atoms with Gasteiger partial charge in [-0.15, -0.1) is 0 Å². The summed E-state index contributed by atoms with van der Waals surface area (Å²) in [6, 6.07) is 5.18. The largest absolute Gasteiger partial charge is 0.340 e. The van der Waals surface area contributed by atoms with E-state index in [0.717, 1.165) is 51.1 Å². The average Bonchev–Trinajstić information content (AvgIpc) is 3.00. The molecular formula is C22H29N5O3. The Morgan fingerprint density at radius 1 is 1.07 bits per heavy atom. The molecule has 0 spiro atoms. The molecule has 2 aliphatic heterocycles. The second-order valence-corrected chi connectivity index (χ2v) is 8.07. The van der Waals surface area contributed by atoms with Crippen LogP contribution in [0.25, 0.3) is 10.9 Å². The van der Waals surface area contributed by atoms with E-state index in [1.807, 2.05) is 0 Å². The number of rotatable bonds is 4. The molecule has 3 heterocycles. The third-order valence-corrected chi connectivity index (χ3v) is 6.08. The highest BCUT2D eigenvalue weighted by molar-refractivity contribution is 6.04. The Morgan fingerprint density at radius 3 is 2.63 bits per heavy atom. The summed E-state index contributed by atoms with van der Waals surface area (Å²) < 4.78 is 1.76. The minimum atomic E-state index is -0.361. The highest BCUT2D eigenvalue weighted by atomic mass is 16.2. The second-order valence-electron chi connectivity index (χ2n) is 8.07. The van der Waals surface area contributed by atoms with E-state index in [2.05, 4.69) is 22.1 Å². The predicted molar refractivity (Wildman–Crippen MR) is 115 cm³/mol. The maximum Gasteiger partial charge on any atom is 0.261 e. The normalized spacial score (nSPS) is 17.4. The van der Waals surface area contributed by atoms with E-state index in [4.69, 9.17) is 0 Å². The molecule has 30 heavy (non-hydrogen) atoms. The lowest BCUT2D eigenvalue weighted by atomic mass is 10.2. The molecule has 1 fully saturated rings. The number of likely N-dealkylation sites (N-methyl/N-ethyl adjacent to an activating group) is 1. The fraction of sp³-hybridized carbons (Fsp3) is 0.545. The van der Waals surface area contributed by atoms with E-state index < -0.39 is 0 Å². The molecule has 1 N–H and O–H groups in total. The summed E-state index contributed by atoms with van der Waals surface area (Å²) in [7, 11) is 0. The number of carbonyl (C=O) groups excluding carboxylic acids is 2. The zero-order valence-corrected chi connectivity index (χ0v) is 17.5. The lowest BCUT2D eigenvalue weighted by Crippen LogP contribution is -2.49. The van der Waals surface area contributed by atoms with Crippen LogP contribution >= 0.6 is 0 Å². The van der Waals surface area contributed by atoms with Crippen molar-refractivity contribution in [2.24, 2.45) is 0 Å². The predicted octanol–water partition coefficient (Wildman–Crippen LogP) is 1.62. The first-order valence-corrected chi connectivity index (χ1v) is 10.9. The van der Waals surface area contributed by atoms with Crippen LogP contribution in [0.15, 0.2) is 23.0 Å². The third-order valence-electron chi connectivity index (χ3n) is 6.08. The molecule has 0 radical (unpaired) electrons. The highest BCUT2D eigenvalue weighted by Gasteiger charge is 2.22. The Kier molecular flexibility index (Phi) is 6.13. The number of piperazine rings is 1. The van der Waals surface area contributed by atoms with Crippen molar-refractivity contribution in [2.75, 3.05) is 38.0 Å². The Morgan fingerprint density at radius 2 is 1.87 bits per heavy atom. The molecule has 8 heteroatoms. The Labute approximate surface area is 175 Å². The van der Waals surface area contributed by atoms with Gasteiger partial charge in [-0.2, -0.15) is 0 Å². The smallest absolute Gasteiger partial charge is 0.261 e. The molecule has 0 aliphatic carbocycles. The summed E-state index contributed by atoms with van der Waals surface area (Å²) in [5.41, 5.74) is 1.11. The molecule has 2 aliphatic rings. The number of fused-ring (bicyclic) bond motifs is 2. The van der Waals surface area contributed by atoms with Crippen LogP contribution in [0.4, 0.5) is 5.69 Å². The number of aromatic nitrogens is 2. The topological polar surface area (TPSA) is 87.5 Å². The number of benzene rings is 1. The minimum Gasteiger partial charge on any atom is -0.340 e. The molecule has 2 aromatic rings. The van der Waals surface area contributed by atoms with Gasteiger partial charge in [-0.25, -0.2) is 4.98 Å². The van der Waals surface area contributed by atoms with Gasteiger partial charge in [-0.1, -0.05) is 13.3 Å². The van der Waals surface area contributed by atoms with Gasteiger partial charge in [-0.05, 0) is 37.6 Å². The van der Waals surface area contributed by atoms with Crippen molar-refractivity contribution >= 4 is 28.4 Å². The number of aryl methyl sites for hydroxylation is 1. The lowest BCUT2D eigenvalue weighted by Gasteiger charge is -2.33. The molecule has 1 saturated heterocycles. The fourth-order valence-electron chi connectivity index (χ4n) is 4.26. The Bertz CT molecular complexity index is 1010. The van der Waals surface area contributed by atoms with Gasteiger partial charge in [0.2, 0.25) is 11.8 Å². The molecule has 0 unspecified atom stereocenters. The Balaban J connectivity index is 1.45. The van der Waals surface area contributed by atoms with E-state index in [-0.39, 0.29) is 23.8 Å². The van der Waals surface area contributed by atoms with Crippen LogP contribution in [0.2, 0.25) is 0 Å². The van der Waals surface area contributed by atoms with E-state index in [1.165, 1.54) is 0 Å². The Hall–Kier alpha value is -2.74. The molecular weight excluding hydrogens is 382 g/mol. The van der Waals surface area contributed by atoms with E-state index in [1.54, 1.807) is 27.7 Å². The molecule has 2 amide bonds. The third kappa shape index (κ3) is 4.38. The summed E-state index contributed by atoms with van der Waals surface area (Å²) in [5.74, 6) is 0.326. The van der Waals surface area contributed by atoms with Gasteiger partial charge in [0.15, 0.2) is 0 Å². The van der Waals surface area contributed by atoms with Crippen molar-refractivity contribution in [3.05, 3.63) is 34.4 Å². The standard InChI is InChI=1S/C22H29N5O3/c1-2-25-10-12-26(13-11-25)21(29)15-20(28)23-16-7-8-18-17(14-16)22(30)27-9-5-3-4-6-19(27)24-18/h7-8,14H,2-6,9-13,15H2,1H3,(H,23,28). The molecule has 1 aromatic carbocycles. The monoisotopic (exact) mass is 411 g/mol. The number of amides is 2. The number of anilines is 1. The van der Waals surface area contributed by atoms with E-state index in [0.29, 0.717) is 36.2 Å². The molecule has 160 valence electrons. The van der Waals surface area contributed by atoms with Crippen molar-refractivity contribution in [1.29, 1.82) is 0 Å². The van der Waals surface area contributed by atoms with Crippen LogP contribution in [-0.4, -0.2) is 63.9 Å². The van der Waals surface area contributed by atoms with Gasteiger partial charge < -0.3 is 15.1 Å². The SMILES string of the molecule is CCN1CCN(C(=O)CC(=O)Nc2ccc3nc4n(c(=O)c3c2)CCCCC4)CC1. The summed E-state index contributed by atoms with van der Waals surface area (Å²) in [6.45, 7) is 6.77. The maximum atomic E-state index is 12.9. The molecule has 0 atom stereocenters. The van der Waals surface area contributed by atoms with E-state index >= 15 is 0 Å².